The van der Waals surface area contributed by atoms with E-state index in [1.54, 1.807) is 42.5 Å². The third-order valence-corrected chi connectivity index (χ3v) is 4.26. The average molecular weight is 381 g/mol. The zero-order valence-corrected chi connectivity index (χ0v) is 14.8. The van der Waals surface area contributed by atoms with E-state index in [0.717, 1.165) is 11.1 Å². The Kier molecular flexibility index (Phi) is 5.54. The number of carbonyl (C=O) groups is 3. The van der Waals surface area contributed by atoms with Crippen LogP contribution in [0.1, 0.15) is 27.9 Å². The molecular formula is C19H19N5O4. The van der Waals surface area contributed by atoms with Gasteiger partial charge in [0.1, 0.15) is 6.04 Å². The first kappa shape index (κ1) is 18.9. The molecule has 0 unspecified atom stereocenters. The Balaban J connectivity index is 1.84. The van der Waals surface area contributed by atoms with Crippen LogP contribution in [0.3, 0.4) is 0 Å². The number of carboxylic acids is 1. The molecule has 1 atom stereocenters. The second-order valence-electron chi connectivity index (χ2n) is 6.21. The summed E-state index contributed by atoms with van der Waals surface area (Å²) in [5, 5.41) is 20.9. The van der Waals surface area contributed by atoms with E-state index in [2.05, 4.69) is 21.1 Å². The Morgan fingerprint density at radius 2 is 2.00 bits per heavy atom. The second-order valence-corrected chi connectivity index (χ2v) is 6.21. The molecule has 0 aliphatic carbocycles. The lowest BCUT2D eigenvalue weighted by molar-refractivity contribution is -0.139. The molecule has 0 saturated carbocycles. The lowest BCUT2D eigenvalue weighted by Gasteiger charge is -2.18. The largest absolute Gasteiger partial charge is 0.481 e. The Bertz CT molecular complexity index is 940. The molecular weight excluding hydrogens is 362 g/mol. The molecule has 1 aliphatic heterocycles. The molecule has 0 fully saturated rings. The number of fused-ring (bicyclic) bond motifs is 1. The lowest BCUT2D eigenvalue weighted by atomic mass is 10.1. The molecule has 0 aromatic heterocycles. The minimum atomic E-state index is -1.10. The minimum Gasteiger partial charge on any atom is -0.481 e. The highest BCUT2D eigenvalue weighted by Crippen LogP contribution is 2.29. The van der Waals surface area contributed by atoms with E-state index < -0.39 is 17.9 Å². The van der Waals surface area contributed by atoms with Gasteiger partial charge in [0.25, 0.3) is 5.91 Å². The summed E-state index contributed by atoms with van der Waals surface area (Å²) in [4.78, 5) is 35.8. The molecule has 2 aromatic carbocycles. The van der Waals surface area contributed by atoms with Gasteiger partial charge in [0.05, 0.1) is 24.0 Å². The summed E-state index contributed by atoms with van der Waals surface area (Å²) in [7, 11) is 0. The number of anilines is 2. The number of carbonyl (C=O) groups excluding carboxylic acids is 2. The molecule has 9 heteroatoms. The van der Waals surface area contributed by atoms with E-state index in [0.29, 0.717) is 16.9 Å². The maximum absolute atomic E-state index is 12.6. The molecule has 3 rings (SSSR count). The number of hydrogen-bond acceptors (Lipinski definition) is 6. The van der Waals surface area contributed by atoms with Crippen molar-refractivity contribution in [2.75, 3.05) is 10.6 Å². The first-order valence-corrected chi connectivity index (χ1v) is 8.50. The van der Waals surface area contributed by atoms with Crippen molar-refractivity contribution in [3.05, 3.63) is 59.2 Å². The lowest BCUT2D eigenvalue weighted by Crippen LogP contribution is -2.38. The zero-order valence-electron chi connectivity index (χ0n) is 14.8. The number of benzene rings is 2. The fraction of sp³-hybridized carbons (Fsp3) is 0.158. The van der Waals surface area contributed by atoms with Crippen molar-refractivity contribution in [1.29, 1.82) is 0 Å². The molecule has 0 bridgehead atoms. The van der Waals surface area contributed by atoms with Crippen LogP contribution >= 0.6 is 0 Å². The van der Waals surface area contributed by atoms with Crippen molar-refractivity contribution in [3.63, 3.8) is 0 Å². The Hall–Kier alpha value is -3.88. The maximum atomic E-state index is 12.6. The molecule has 0 radical (unpaired) electrons. The number of hydrazone groups is 1. The number of rotatable bonds is 5. The zero-order chi connectivity index (χ0) is 20.1. The Labute approximate surface area is 160 Å². The van der Waals surface area contributed by atoms with Gasteiger partial charge in [-0.1, -0.05) is 24.3 Å². The second kappa shape index (κ2) is 8.21. The van der Waals surface area contributed by atoms with Gasteiger partial charge in [0, 0.05) is 12.1 Å². The highest BCUT2D eigenvalue weighted by atomic mass is 16.4. The first-order chi connectivity index (χ1) is 13.5. The standard InChI is InChI=1S/C19H19N5O4/c20-22-9-11-4-6-12(7-5-11)18(27)24-14-3-1-2-13-10-21-19(28)15(8-16(25)26)23-17(13)14/h1-7,9,15,23H,8,10,20H2,(H,21,28)(H,24,27)(H,25,26)/t15-/m0/s1. The van der Waals surface area contributed by atoms with E-state index >= 15 is 0 Å². The quantitative estimate of drug-likeness (QED) is 0.298. The molecule has 144 valence electrons. The molecule has 0 spiro atoms. The van der Waals surface area contributed by atoms with Crippen molar-refractivity contribution < 1.29 is 19.5 Å². The number of hydrogen-bond donors (Lipinski definition) is 5. The highest BCUT2D eigenvalue weighted by Gasteiger charge is 2.27. The summed E-state index contributed by atoms with van der Waals surface area (Å²) in [6.45, 7) is 0.230. The third kappa shape index (κ3) is 4.26. The molecule has 1 aliphatic rings. The van der Waals surface area contributed by atoms with Crippen LogP contribution < -0.4 is 21.8 Å². The van der Waals surface area contributed by atoms with Crippen LogP contribution in [0.25, 0.3) is 0 Å². The fourth-order valence-electron chi connectivity index (χ4n) is 2.89. The van der Waals surface area contributed by atoms with Gasteiger partial charge in [-0.25, -0.2) is 0 Å². The SMILES string of the molecule is NN=Cc1ccc(C(=O)Nc2cccc3c2N[C@@H](CC(=O)O)C(=O)NC3)cc1. The van der Waals surface area contributed by atoms with Crippen LogP contribution in [0.4, 0.5) is 11.4 Å². The third-order valence-electron chi connectivity index (χ3n) is 4.26. The first-order valence-electron chi connectivity index (χ1n) is 8.50. The van der Waals surface area contributed by atoms with Crippen molar-refractivity contribution in [2.24, 2.45) is 10.9 Å². The van der Waals surface area contributed by atoms with Gasteiger partial charge in [-0.3, -0.25) is 14.4 Å². The van der Waals surface area contributed by atoms with E-state index in [-0.39, 0.29) is 18.9 Å². The van der Waals surface area contributed by atoms with Crippen LogP contribution in [-0.4, -0.2) is 35.1 Å². The van der Waals surface area contributed by atoms with E-state index in [4.69, 9.17) is 10.9 Å². The van der Waals surface area contributed by atoms with Gasteiger partial charge < -0.3 is 26.9 Å². The molecule has 0 saturated heterocycles. The minimum absolute atomic E-state index is 0.230. The van der Waals surface area contributed by atoms with Crippen molar-refractivity contribution in [1.82, 2.24) is 5.32 Å². The van der Waals surface area contributed by atoms with Gasteiger partial charge in [0.2, 0.25) is 5.91 Å². The van der Waals surface area contributed by atoms with Gasteiger partial charge in [-0.05, 0) is 29.3 Å². The van der Waals surface area contributed by atoms with E-state index in [9.17, 15) is 14.4 Å². The van der Waals surface area contributed by atoms with Crippen molar-refractivity contribution in [2.45, 2.75) is 19.0 Å². The predicted octanol–water partition coefficient (Wildman–Crippen LogP) is 1.12. The molecule has 28 heavy (non-hydrogen) atoms. The summed E-state index contributed by atoms with van der Waals surface area (Å²) in [5.41, 5.74) is 2.91. The van der Waals surface area contributed by atoms with Gasteiger partial charge in [0.15, 0.2) is 0 Å². The van der Waals surface area contributed by atoms with Crippen LogP contribution in [0.2, 0.25) is 0 Å². The van der Waals surface area contributed by atoms with Crippen molar-refractivity contribution in [3.8, 4) is 0 Å². The Morgan fingerprint density at radius 3 is 2.68 bits per heavy atom. The number of nitrogens with two attached hydrogens (primary N) is 1. The Morgan fingerprint density at radius 1 is 1.25 bits per heavy atom. The van der Waals surface area contributed by atoms with Gasteiger partial charge in [-0.15, -0.1) is 0 Å². The number of carboxylic acid groups (broad SMARTS) is 1. The predicted molar refractivity (Wildman–Crippen MR) is 104 cm³/mol. The smallest absolute Gasteiger partial charge is 0.305 e. The molecule has 2 aromatic rings. The van der Waals surface area contributed by atoms with Crippen LogP contribution in [0.5, 0.6) is 0 Å². The number of para-hydroxylation sites is 1. The number of nitrogens with zero attached hydrogens (tertiary/aromatic N) is 1. The summed E-state index contributed by atoms with van der Waals surface area (Å²) in [6, 6.07) is 11.0. The maximum Gasteiger partial charge on any atom is 0.305 e. The number of nitrogens with one attached hydrogen (secondary N) is 3. The summed E-state index contributed by atoms with van der Waals surface area (Å²) < 4.78 is 0. The normalized spacial score (nSPS) is 15.9. The summed E-state index contributed by atoms with van der Waals surface area (Å²) >= 11 is 0. The van der Waals surface area contributed by atoms with Crippen molar-refractivity contribution >= 4 is 35.4 Å². The fourth-order valence-corrected chi connectivity index (χ4v) is 2.89. The van der Waals surface area contributed by atoms with E-state index in [1.165, 1.54) is 6.21 Å². The van der Waals surface area contributed by atoms with Crippen LogP contribution in [-0.2, 0) is 16.1 Å². The molecule has 1 heterocycles. The molecule has 9 nitrogen and oxygen atoms in total. The van der Waals surface area contributed by atoms with Crippen LogP contribution in [0, 0.1) is 0 Å². The number of amides is 2. The van der Waals surface area contributed by atoms with E-state index in [1.807, 2.05) is 0 Å². The number of aliphatic carboxylic acids is 1. The monoisotopic (exact) mass is 381 g/mol. The summed E-state index contributed by atoms with van der Waals surface area (Å²) in [5.74, 6) is 3.26. The average Bonchev–Trinajstić information content (AvgIpc) is 2.82. The van der Waals surface area contributed by atoms with Crippen LogP contribution in [0.15, 0.2) is 47.6 Å². The molecule has 6 N–H and O–H groups in total. The molecule has 2 amide bonds. The topological polar surface area (TPSA) is 146 Å². The van der Waals surface area contributed by atoms with Gasteiger partial charge >= 0.3 is 5.97 Å². The summed E-state index contributed by atoms with van der Waals surface area (Å²) in [6.07, 6.45) is 1.09. The van der Waals surface area contributed by atoms with Gasteiger partial charge in [-0.2, -0.15) is 5.10 Å². The highest BCUT2D eigenvalue weighted by molar-refractivity contribution is 6.07.